The van der Waals surface area contributed by atoms with Gasteiger partial charge in [-0.2, -0.15) is 5.06 Å². The number of amides is 1. The highest BCUT2D eigenvalue weighted by Crippen LogP contribution is 2.32. The van der Waals surface area contributed by atoms with Gasteiger partial charge >= 0.3 is 6.09 Å². The molecule has 0 radical (unpaired) electrons. The zero-order valence-electron chi connectivity index (χ0n) is 10.4. The van der Waals surface area contributed by atoms with Crippen molar-refractivity contribution in [3.8, 4) is 0 Å². The number of hydrogen-bond acceptors (Lipinski definition) is 3. The number of fused-ring (bicyclic) bond motifs is 4. The highest BCUT2D eigenvalue weighted by Gasteiger charge is 2.37. The topological polar surface area (TPSA) is 38.8 Å². The van der Waals surface area contributed by atoms with Crippen molar-refractivity contribution in [1.82, 2.24) is 5.06 Å². The van der Waals surface area contributed by atoms with Crippen molar-refractivity contribution < 1.29 is 14.4 Å². The third-order valence-corrected chi connectivity index (χ3v) is 3.05. The molecule has 1 aliphatic carbocycles. The van der Waals surface area contributed by atoms with Crippen LogP contribution in [0.4, 0.5) is 4.79 Å². The lowest BCUT2D eigenvalue weighted by Gasteiger charge is -2.36. The van der Waals surface area contributed by atoms with Crippen molar-refractivity contribution in [3.05, 3.63) is 0 Å². The maximum absolute atomic E-state index is 11.9. The molecule has 2 saturated heterocycles. The molecule has 3 aliphatic rings. The first kappa shape index (κ1) is 11.7. The van der Waals surface area contributed by atoms with E-state index in [0.717, 1.165) is 32.1 Å². The highest BCUT2D eigenvalue weighted by atomic mass is 16.7. The largest absolute Gasteiger partial charge is 0.442 e. The van der Waals surface area contributed by atoms with Crippen LogP contribution in [0.2, 0.25) is 0 Å². The summed E-state index contributed by atoms with van der Waals surface area (Å²) in [5.74, 6) is 0. The Hall–Kier alpha value is -0.770. The van der Waals surface area contributed by atoms with Gasteiger partial charge in [0.2, 0.25) is 0 Å². The van der Waals surface area contributed by atoms with E-state index in [9.17, 15) is 4.79 Å². The summed E-state index contributed by atoms with van der Waals surface area (Å²) in [6.45, 7) is 5.63. The minimum atomic E-state index is -0.452. The summed E-state index contributed by atoms with van der Waals surface area (Å²) in [7, 11) is 0. The Morgan fingerprint density at radius 2 is 2.00 bits per heavy atom. The van der Waals surface area contributed by atoms with E-state index in [2.05, 4.69) is 0 Å². The van der Waals surface area contributed by atoms with E-state index in [1.807, 2.05) is 20.8 Å². The Balaban J connectivity index is 2.01. The smallest absolute Gasteiger partial charge is 0.434 e. The van der Waals surface area contributed by atoms with E-state index in [1.165, 1.54) is 5.06 Å². The summed E-state index contributed by atoms with van der Waals surface area (Å²) in [6, 6.07) is 0.216. The number of rotatable bonds is 0. The van der Waals surface area contributed by atoms with Gasteiger partial charge in [0.15, 0.2) is 0 Å². The van der Waals surface area contributed by atoms with Crippen LogP contribution in [0.3, 0.4) is 0 Å². The molecule has 2 bridgehead atoms. The van der Waals surface area contributed by atoms with E-state index < -0.39 is 5.60 Å². The molecule has 1 saturated carbocycles. The van der Waals surface area contributed by atoms with Gasteiger partial charge in [-0.15, -0.1) is 0 Å². The van der Waals surface area contributed by atoms with E-state index in [4.69, 9.17) is 9.57 Å². The first-order chi connectivity index (χ1) is 7.46. The number of carbonyl (C=O) groups excluding carboxylic acids is 1. The van der Waals surface area contributed by atoms with E-state index in [1.54, 1.807) is 0 Å². The zero-order valence-corrected chi connectivity index (χ0v) is 10.4. The lowest BCUT2D eigenvalue weighted by molar-refractivity contribution is -0.220. The maximum Gasteiger partial charge on any atom is 0.434 e. The summed E-state index contributed by atoms with van der Waals surface area (Å²) in [5.41, 5.74) is -0.452. The average molecular weight is 227 g/mol. The van der Waals surface area contributed by atoms with Gasteiger partial charge in [0, 0.05) is 0 Å². The Kier molecular flexibility index (Phi) is 3.10. The third-order valence-electron chi connectivity index (χ3n) is 3.05. The fraction of sp³-hybridized carbons (Fsp3) is 0.917. The predicted octanol–water partition coefficient (Wildman–Crippen LogP) is 2.87. The number of carbonyl (C=O) groups is 1. The Morgan fingerprint density at radius 3 is 2.69 bits per heavy atom. The van der Waals surface area contributed by atoms with Gasteiger partial charge in [-0.25, -0.2) is 4.79 Å². The number of nitrogens with zero attached hydrogens (tertiary/aromatic N) is 1. The SMILES string of the molecule is CC(C)(C)OC(=O)N1OC2CCCC1CC2. The monoisotopic (exact) mass is 227 g/mol. The van der Waals surface area contributed by atoms with E-state index in [0.29, 0.717) is 0 Å². The van der Waals surface area contributed by atoms with Crippen LogP contribution in [0.25, 0.3) is 0 Å². The van der Waals surface area contributed by atoms with Crippen LogP contribution in [0.5, 0.6) is 0 Å². The van der Waals surface area contributed by atoms with Crippen LogP contribution in [-0.2, 0) is 9.57 Å². The van der Waals surface area contributed by atoms with Crippen molar-refractivity contribution in [2.24, 2.45) is 0 Å². The minimum Gasteiger partial charge on any atom is -0.442 e. The molecule has 0 N–H and O–H groups in total. The molecule has 1 amide bonds. The molecule has 4 nitrogen and oxygen atoms in total. The van der Waals surface area contributed by atoms with Crippen molar-refractivity contribution in [2.45, 2.75) is 70.6 Å². The molecule has 3 rings (SSSR count). The summed E-state index contributed by atoms with van der Waals surface area (Å²) in [6.07, 6.45) is 5.25. The summed E-state index contributed by atoms with van der Waals surface area (Å²) < 4.78 is 5.35. The molecule has 92 valence electrons. The van der Waals surface area contributed by atoms with Gasteiger partial charge < -0.3 is 4.74 Å². The molecular weight excluding hydrogens is 206 g/mol. The molecular formula is C12H21NO3. The number of ether oxygens (including phenoxy) is 1. The third kappa shape index (κ3) is 2.67. The fourth-order valence-electron chi connectivity index (χ4n) is 2.33. The van der Waals surface area contributed by atoms with Crippen LogP contribution >= 0.6 is 0 Å². The average Bonchev–Trinajstić information content (AvgIpc) is 2.48. The van der Waals surface area contributed by atoms with Crippen molar-refractivity contribution in [3.63, 3.8) is 0 Å². The molecule has 0 aromatic rings. The molecule has 2 aliphatic heterocycles. The molecule has 3 fully saturated rings. The normalized spacial score (nSPS) is 30.1. The van der Waals surface area contributed by atoms with Crippen LogP contribution in [0.15, 0.2) is 0 Å². The number of hydroxylamine groups is 2. The van der Waals surface area contributed by atoms with Crippen LogP contribution in [-0.4, -0.2) is 28.9 Å². The second kappa shape index (κ2) is 4.24. The molecule has 4 heteroatoms. The predicted molar refractivity (Wildman–Crippen MR) is 59.8 cm³/mol. The Morgan fingerprint density at radius 1 is 1.25 bits per heavy atom. The van der Waals surface area contributed by atoms with Gasteiger partial charge in [0.25, 0.3) is 0 Å². The van der Waals surface area contributed by atoms with Crippen LogP contribution in [0.1, 0.15) is 52.9 Å². The van der Waals surface area contributed by atoms with Crippen molar-refractivity contribution >= 4 is 6.09 Å². The second-order valence-electron chi connectivity index (χ2n) is 5.70. The maximum atomic E-state index is 11.9. The van der Waals surface area contributed by atoms with Crippen molar-refractivity contribution in [2.75, 3.05) is 0 Å². The van der Waals surface area contributed by atoms with Crippen LogP contribution in [0, 0.1) is 0 Å². The summed E-state index contributed by atoms with van der Waals surface area (Å²) >= 11 is 0. The van der Waals surface area contributed by atoms with Gasteiger partial charge in [-0.3, -0.25) is 4.84 Å². The van der Waals surface area contributed by atoms with E-state index in [-0.39, 0.29) is 18.2 Å². The Bertz CT molecular complexity index is 268. The molecule has 2 atom stereocenters. The highest BCUT2D eigenvalue weighted by molar-refractivity contribution is 5.67. The van der Waals surface area contributed by atoms with Crippen LogP contribution < -0.4 is 0 Å². The lowest BCUT2D eigenvalue weighted by atomic mass is 10.1. The number of hydrogen-bond donors (Lipinski definition) is 0. The molecule has 16 heavy (non-hydrogen) atoms. The molecule has 0 aromatic heterocycles. The van der Waals surface area contributed by atoms with Gasteiger partial charge in [-0.05, 0) is 52.9 Å². The van der Waals surface area contributed by atoms with E-state index >= 15 is 0 Å². The minimum absolute atomic E-state index is 0.214. The summed E-state index contributed by atoms with van der Waals surface area (Å²) in [5, 5.41) is 1.48. The van der Waals surface area contributed by atoms with Gasteiger partial charge in [0.05, 0.1) is 12.1 Å². The summed E-state index contributed by atoms with van der Waals surface area (Å²) in [4.78, 5) is 17.6. The quantitative estimate of drug-likeness (QED) is 0.638. The first-order valence-electron chi connectivity index (χ1n) is 6.15. The zero-order chi connectivity index (χ0) is 11.8. The van der Waals surface area contributed by atoms with Gasteiger partial charge in [0.1, 0.15) is 5.60 Å². The first-order valence-corrected chi connectivity index (χ1v) is 6.15. The lowest BCUT2D eigenvalue weighted by Crippen LogP contribution is -2.47. The van der Waals surface area contributed by atoms with Crippen molar-refractivity contribution in [1.29, 1.82) is 0 Å². The fourth-order valence-corrected chi connectivity index (χ4v) is 2.33. The second-order valence-corrected chi connectivity index (χ2v) is 5.70. The molecule has 0 spiro atoms. The standard InChI is InChI=1S/C12H21NO3/c1-12(2,3)15-11(14)13-9-5-4-6-10(16-13)8-7-9/h9-10H,4-8H2,1-3H3. The molecule has 2 heterocycles. The molecule has 2 unspecified atom stereocenters. The Labute approximate surface area is 96.8 Å². The molecule has 0 aromatic carbocycles. The van der Waals surface area contributed by atoms with Gasteiger partial charge in [-0.1, -0.05) is 0 Å².